The van der Waals surface area contributed by atoms with Crippen LogP contribution in [0, 0.1) is 19.7 Å². The maximum absolute atomic E-state index is 13.5. The molecule has 0 aliphatic rings. The van der Waals surface area contributed by atoms with Gasteiger partial charge in [0.15, 0.2) is 5.69 Å². The number of hydrogen-bond donors (Lipinski definition) is 2. The first-order chi connectivity index (χ1) is 9.49. The van der Waals surface area contributed by atoms with Gasteiger partial charge in [0, 0.05) is 12.7 Å². The summed E-state index contributed by atoms with van der Waals surface area (Å²) in [4.78, 5) is 14.9. The summed E-state index contributed by atoms with van der Waals surface area (Å²) in [6.07, 6.45) is 1.43. The second-order valence-corrected chi connectivity index (χ2v) is 4.60. The van der Waals surface area contributed by atoms with Crippen LogP contribution in [0.2, 0.25) is 0 Å². The highest BCUT2D eigenvalue weighted by Crippen LogP contribution is 2.17. The number of carbonyl (C=O) groups is 1. The fraction of sp³-hybridized carbons (Fsp3) is 0.200. The molecule has 20 heavy (non-hydrogen) atoms. The molecule has 0 atom stereocenters. The van der Waals surface area contributed by atoms with Crippen LogP contribution in [-0.4, -0.2) is 16.1 Å². The Labute approximate surface area is 116 Å². The number of pyridine rings is 1. The second-order valence-electron chi connectivity index (χ2n) is 4.60. The van der Waals surface area contributed by atoms with Gasteiger partial charge in [-0.3, -0.25) is 0 Å². The maximum Gasteiger partial charge on any atom is 0.356 e. The molecule has 0 aliphatic carbocycles. The van der Waals surface area contributed by atoms with Crippen molar-refractivity contribution in [3.05, 3.63) is 58.7 Å². The van der Waals surface area contributed by atoms with E-state index < -0.39 is 5.97 Å². The number of nitrogens with one attached hydrogen (secondary N) is 1. The molecular formula is C15H15FN2O2. The lowest BCUT2D eigenvalue weighted by atomic mass is 10.1. The number of carboxylic acid groups (broad SMARTS) is 1. The van der Waals surface area contributed by atoms with Gasteiger partial charge in [-0.1, -0.05) is 12.1 Å². The summed E-state index contributed by atoms with van der Waals surface area (Å²) >= 11 is 0. The van der Waals surface area contributed by atoms with Crippen molar-refractivity contribution in [3.8, 4) is 0 Å². The zero-order valence-electron chi connectivity index (χ0n) is 11.3. The standard InChI is InChI=1S/C15H15FN2O2/c1-9-6-11(7-10(2)13(9)16)8-18-12-4-3-5-17-14(12)15(19)20/h3-7,18H,8H2,1-2H3,(H,19,20). The average Bonchev–Trinajstić information content (AvgIpc) is 2.42. The molecule has 0 fully saturated rings. The molecule has 4 nitrogen and oxygen atoms in total. The quantitative estimate of drug-likeness (QED) is 0.899. The molecule has 0 unspecified atom stereocenters. The molecular weight excluding hydrogens is 259 g/mol. The van der Waals surface area contributed by atoms with Gasteiger partial charge in [-0.15, -0.1) is 0 Å². The van der Waals surface area contributed by atoms with Crippen molar-refractivity contribution < 1.29 is 14.3 Å². The highest BCUT2D eigenvalue weighted by molar-refractivity contribution is 5.91. The predicted octanol–water partition coefficient (Wildman–Crippen LogP) is 3.15. The monoisotopic (exact) mass is 274 g/mol. The maximum atomic E-state index is 13.5. The van der Waals surface area contributed by atoms with Crippen LogP contribution in [0.25, 0.3) is 0 Å². The number of carboxylic acids is 1. The van der Waals surface area contributed by atoms with E-state index in [1.807, 2.05) is 0 Å². The SMILES string of the molecule is Cc1cc(CNc2cccnc2C(=O)O)cc(C)c1F. The minimum atomic E-state index is -1.08. The van der Waals surface area contributed by atoms with Crippen LogP contribution in [-0.2, 0) is 6.54 Å². The first-order valence-corrected chi connectivity index (χ1v) is 6.17. The van der Waals surface area contributed by atoms with Gasteiger partial charge in [0.25, 0.3) is 0 Å². The molecule has 104 valence electrons. The van der Waals surface area contributed by atoms with Crippen molar-refractivity contribution in [1.82, 2.24) is 4.98 Å². The van der Waals surface area contributed by atoms with E-state index in [0.29, 0.717) is 23.4 Å². The molecule has 1 heterocycles. The van der Waals surface area contributed by atoms with Crippen molar-refractivity contribution in [1.29, 1.82) is 0 Å². The third kappa shape index (κ3) is 2.93. The highest BCUT2D eigenvalue weighted by Gasteiger charge is 2.11. The molecule has 0 saturated heterocycles. The number of nitrogens with zero attached hydrogens (tertiary/aromatic N) is 1. The molecule has 5 heteroatoms. The molecule has 1 aromatic carbocycles. The van der Waals surface area contributed by atoms with E-state index in [0.717, 1.165) is 5.56 Å². The number of aryl methyl sites for hydroxylation is 2. The number of anilines is 1. The molecule has 0 saturated carbocycles. The lowest BCUT2D eigenvalue weighted by Gasteiger charge is -2.10. The van der Waals surface area contributed by atoms with Crippen molar-refractivity contribution in [2.45, 2.75) is 20.4 Å². The summed E-state index contributed by atoms with van der Waals surface area (Å²) in [7, 11) is 0. The smallest absolute Gasteiger partial charge is 0.356 e. The van der Waals surface area contributed by atoms with Crippen molar-refractivity contribution >= 4 is 11.7 Å². The summed E-state index contributed by atoms with van der Waals surface area (Å²) < 4.78 is 13.5. The minimum absolute atomic E-state index is 0.0249. The first-order valence-electron chi connectivity index (χ1n) is 6.17. The number of aromatic carboxylic acids is 1. The largest absolute Gasteiger partial charge is 0.476 e. The topological polar surface area (TPSA) is 62.2 Å². The Bertz CT molecular complexity index is 633. The van der Waals surface area contributed by atoms with E-state index >= 15 is 0 Å². The molecule has 0 aliphatic heterocycles. The Hall–Kier alpha value is -2.43. The average molecular weight is 274 g/mol. The number of benzene rings is 1. The predicted molar refractivity (Wildman–Crippen MR) is 74.4 cm³/mol. The van der Waals surface area contributed by atoms with Gasteiger partial charge in [-0.05, 0) is 42.7 Å². The van der Waals surface area contributed by atoms with Crippen LogP contribution in [0.1, 0.15) is 27.2 Å². The van der Waals surface area contributed by atoms with E-state index in [1.165, 1.54) is 6.20 Å². The molecule has 0 bridgehead atoms. The molecule has 2 N–H and O–H groups in total. The van der Waals surface area contributed by atoms with Crippen LogP contribution < -0.4 is 5.32 Å². The Morgan fingerprint density at radius 1 is 1.35 bits per heavy atom. The summed E-state index contributed by atoms with van der Waals surface area (Å²) in [6, 6.07) is 6.80. The Morgan fingerprint density at radius 3 is 2.60 bits per heavy atom. The number of hydrogen-bond acceptors (Lipinski definition) is 3. The molecule has 0 spiro atoms. The number of aromatic nitrogens is 1. The van der Waals surface area contributed by atoms with Gasteiger partial charge in [-0.25, -0.2) is 14.2 Å². The number of rotatable bonds is 4. The van der Waals surface area contributed by atoms with Gasteiger partial charge in [0.1, 0.15) is 5.82 Å². The second kappa shape index (κ2) is 5.69. The fourth-order valence-electron chi connectivity index (χ4n) is 2.05. The van der Waals surface area contributed by atoms with E-state index in [2.05, 4.69) is 10.3 Å². The van der Waals surface area contributed by atoms with Gasteiger partial charge < -0.3 is 10.4 Å². The van der Waals surface area contributed by atoms with Crippen LogP contribution >= 0.6 is 0 Å². The Kier molecular flexibility index (Phi) is 3.98. The van der Waals surface area contributed by atoms with Crippen LogP contribution in [0.3, 0.4) is 0 Å². The lowest BCUT2D eigenvalue weighted by Crippen LogP contribution is -2.08. The summed E-state index contributed by atoms with van der Waals surface area (Å²) in [5, 5.41) is 12.1. The van der Waals surface area contributed by atoms with E-state index in [4.69, 9.17) is 5.11 Å². The summed E-state index contributed by atoms with van der Waals surface area (Å²) in [5.41, 5.74) is 2.46. The summed E-state index contributed by atoms with van der Waals surface area (Å²) in [6.45, 7) is 3.82. The van der Waals surface area contributed by atoms with E-state index in [-0.39, 0.29) is 11.5 Å². The van der Waals surface area contributed by atoms with Crippen molar-refractivity contribution in [2.24, 2.45) is 0 Å². The van der Waals surface area contributed by atoms with Crippen molar-refractivity contribution in [2.75, 3.05) is 5.32 Å². The minimum Gasteiger partial charge on any atom is -0.476 e. The zero-order chi connectivity index (χ0) is 14.7. The van der Waals surface area contributed by atoms with Crippen LogP contribution in [0.4, 0.5) is 10.1 Å². The van der Waals surface area contributed by atoms with Gasteiger partial charge in [0.05, 0.1) is 5.69 Å². The molecule has 1 aromatic heterocycles. The first kappa shape index (κ1) is 14.0. The molecule has 2 aromatic rings. The molecule has 0 amide bonds. The third-order valence-electron chi connectivity index (χ3n) is 2.99. The van der Waals surface area contributed by atoms with Crippen LogP contribution in [0.15, 0.2) is 30.5 Å². The van der Waals surface area contributed by atoms with E-state index in [9.17, 15) is 9.18 Å². The Balaban J connectivity index is 2.19. The summed E-state index contributed by atoms with van der Waals surface area (Å²) in [5.74, 6) is -1.29. The Morgan fingerprint density at radius 2 is 2.00 bits per heavy atom. The highest BCUT2D eigenvalue weighted by atomic mass is 19.1. The van der Waals surface area contributed by atoms with E-state index in [1.54, 1.807) is 38.1 Å². The fourth-order valence-corrected chi connectivity index (χ4v) is 2.05. The normalized spacial score (nSPS) is 10.3. The zero-order valence-corrected chi connectivity index (χ0v) is 11.3. The van der Waals surface area contributed by atoms with Gasteiger partial charge >= 0.3 is 5.97 Å². The lowest BCUT2D eigenvalue weighted by molar-refractivity contribution is 0.0691. The molecule has 0 radical (unpaired) electrons. The van der Waals surface area contributed by atoms with Gasteiger partial charge in [0.2, 0.25) is 0 Å². The van der Waals surface area contributed by atoms with Crippen molar-refractivity contribution in [3.63, 3.8) is 0 Å². The van der Waals surface area contributed by atoms with Gasteiger partial charge in [-0.2, -0.15) is 0 Å². The third-order valence-corrected chi connectivity index (χ3v) is 2.99. The van der Waals surface area contributed by atoms with Crippen LogP contribution in [0.5, 0.6) is 0 Å². The number of halogens is 1. The molecule has 2 rings (SSSR count).